The summed E-state index contributed by atoms with van der Waals surface area (Å²) in [6.45, 7) is 6.71. The molecule has 0 aliphatic carbocycles. The van der Waals surface area contributed by atoms with Gasteiger partial charge < -0.3 is 16.0 Å². The fourth-order valence-electron chi connectivity index (χ4n) is 2.56. The van der Waals surface area contributed by atoms with E-state index in [1.54, 1.807) is 4.90 Å². The molecule has 114 valence electrons. The quantitative estimate of drug-likeness (QED) is 0.872. The Morgan fingerprint density at radius 3 is 2.86 bits per heavy atom. The normalized spacial score (nSPS) is 19.7. The summed E-state index contributed by atoms with van der Waals surface area (Å²) in [6, 6.07) is 5.83. The Morgan fingerprint density at radius 1 is 1.48 bits per heavy atom. The molecule has 0 saturated carbocycles. The summed E-state index contributed by atoms with van der Waals surface area (Å²) < 4.78 is 0. The van der Waals surface area contributed by atoms with Gasteiger partial charge in [0.05, 0.1) is 5.92 Å². The lowest BCUT2D eigenvalue weighted by Crippen LogP contribution is -2.42. The second-order valence-electron chi connectivity index (χ2n) is 5.77. The van der Waals surface area contributed by atoms with Crippen molar-refractivity contribution in [1.29, 1.82) is 0 Å². The number of amides is 2. The van der Waals surface area contributed by atoms with Gasteiger partial charge in [0.1, 0.15) is 0 Å². The van der Waals surface area contributed by atoms with Gasteiger partial charge in [-0.15, -0.1) is 0 Å². The number of hydrogen-bond donors (Lipinski definition) is 2. The number of benzene rings is 1. The third-order valence-electron chi connectivity index (χ3n) is 4.10. The topological polar surface area (TPSA) is 75.4 Å². The molecule has 1 aromatic rings. The average Bonchev–Trinajstić information content (AvgIpc) is 2.83. The Balaban J connectivity index is 2.13. The summed E-state index contributed by atoms with van der Waals surface area (Å²) in [6.07, 6.45) is 0.260. The van der Waals surface area contributed by atoms with E-state index in [4.69, 9.17) is 5.73 Å². The van der Waals surface area contributed by atoms with Crippen LogP contribution in [0.4, 0.5) is 5.69 Å². The first kappa shape index (κ1) is 15.5. The minimum Gasteiger partial charge on any atom is -0.352 e. The largest absolute Gasteiger partial charge is 0.352 e. The van der Waals surface area contributed by atoms with Gasteiger partial charge in [0.15, 0.2) is 0 Å². The van der Waals surface area contributed by atoms with Crippen LogP contribution in [-0.4, -0.2) is 30.9 Å². The zero-order valence-electron chi connectivity index (χ0n) is 12.8. The summed E-state index contributed by atoms with van der Waals surface area (Å²) in [7, 11) is 0. The number of carbonyl (C=O) groups is 2. The molecule has 5 nitrogen and oxygen atoms in total. The van der Waals surface area contributed by atoms with Crippen LogP contribution in [0.5, 0.6) is 0 Å². The molecule has 1 aromatic carbocycles. The Morgan fingerprint density at radius 2 is 2.19 bits per heavy atom. The van der Waals surface area contributed by atoms with Gasteiger partial charge in [-0.1, -0.05) is 12.1 Å². The molecular weight excluding hydrogens is 266 g/mol. The predicted molar refractivity (Wildman–Crippen MR) is 83.0 cm³/mol. The van der Waals surface area contributed by atoms with Gasteiger partial charge in [-0.3, -0.25) is 9.59 Å². The standard InChI is InChI=1S/C16H23N3O2/c1-10-5-4-6-14(12(10)3)19-9-13(7-15(19)20)16(21)18-11(2)8-17/h4-6,11,13H,7-9,17H2,1-3H3,(H,18,21)/t11-,13?/m0/s1. The molecule has 1 unspecified atom stereocenters. The molecule has 5 heteroatoms. The van der Waals surface area contributed by atoms with Crippen LogP contribution in [0.1, 0.15) is 24.5 Å². The fraction of sp³-hybridized carbons (Fsp3) is 0.500. The zero-order valence-corrected chi connectivity index (χ0v) is 12.8. The van der Waals surface area contributed by atoms with Crippen molar-refractivity contribution in [3.8, 4) is 0 Å². The summed E-state index contributed by atoms with van der Waals surface area (Å²) >= 11 is 0. The molecule has 1 heterocycles. The highest BCUT2D eigenvalue weighted by Gasteiger charge is 2.35. The van der Waals surface area contributed by atoms with Crippen LogP contribution in [0.2, 0.25) is 0 Å². The van der Waals surface area contributed by atoms with E-state index < -0.39 is 0 Å². The first-order chi connectivity index (χ1) is 9.93. The van der Waals surface area contributed by atoms with E-state index in [1.807, 2.05) is 39.0 Å². The van der Waals surface area contributed by atoms with Crippen molar-refractivity contribution in [1.82, 2.24) is 5.32 Å². The number of nitrogens with one attached hydrogen (secondary N) is 1. The number of anilines is 1. The molecule has 21 heavy (non-hydrogen) atoms. The van der Waals surface area contributed by atoms with E-state index in [9.17, 15) is 9.59 Å². The van der Waals surface area contributed by atoms with Gasteiger partial charge in [-0.05, 0) is 38.0 Å². The van der Waals surface area contributed by atoms with Gasteiger partial charge in [0.2, 0.25) is 11.8 Å². The van der Waals surface area contributed by atoms with Gasteiger partial charge in [0.25, 0.3) is 0 Å². The van der Waals surface area contributed by atoms with Crippen molar-refractivity contribution in [2.24, 2.45) is 11.7 Å². The third kappa shape index (κ3) is 3.24. The van der Waals surface area contributed by atoms with E-state index in [0.29, 0.717) is 13.1 Å². The van der Waals surface area contributed by atoms with E-state index in [-0.39, 0.29) is 30.2 Å². The number of aryl methyl sites for hydroxylation is 1. The summed E-state index contributed by atoms with van der Waals surface area (Å²) in [5.74, 6) is -0.384. The second kappa shape index (κ2) is 6.26. The monoisotopic (exact) mass is 289 g/mol. The van der Waals surface area contributed by atoms with Gasteiger partial charge in [-0.2, -0.15) is 0 Å². The number of nitrogens with zero attached hydrogens (tertiary/aromatic N) is 1. The zero-order chi connectivity index (χ0) is 15.6. The molecule has 0 spiro atoms. The van der Waals surface area contributed by atoms with Crippen molar-refractivity contribution in [3.05, 3.63) is 29.3 Å². The van der Waals surface area contributed by atoms with Crippen molar-refractivity contribution >= 4 is 17.5 Å². The van der Waals surface area contributed by atoms with Crippen LogP contribution in [-0.2, 0) is 9.59 Å². The van der Waals surface area contributed by atoms with Gasteiger partial charge in [-0.25, -0.2) is 0 Å². The molecule has 3 N–H and O–H groups in total. The third-order valence-corrected chi connectivity index (χ3v) is 4.10. The predicted octanol–water partition coefficient (Wildman–Crippen LogP) is 1.12. The Hall–Kier alpha value is -1.88. The number of hydrogen-bond acceptors (Lipinski definition) is 3. The van der Waals surface area contributed by atoms with Crippen LogP contribution in [0.15, 0.2) is 18.2 Å². The van der Waals surface area contributed by atoms with Crippen molar-refractivity contribution < 1.29 is 9.59 Å². The van der Waals surface area contributed by atoms with Crippen molar-refractivity contribution in [2.45, 2.75) is 33.2 Å². The lowest BCUT2D eigenvalue weighted by molar-refractivity contribution is -0.126. The highest BCUT2D eigenvalue weighted by Crippen LogP contribution is 2.29. The minimum atomic E-state index is -0.300. The SMILES string of the molecule is Cc1cccc(N2CC(C(=O)N[C@@H](C)CN)CC2=O)c1C. The number of nitrogens with two attached hydrogens (primary N) is 1. The van der Waals surface area contributed by atoms with E-state index in [0.717, 1.165) is 16.8 Å². The molecular formula is C16H23N3O2. The summed E-state index contributed by atoms with van der Waals surface area (Å²) in [5.41, 5.74) is 8.64. The molecule has 2 atom stereocenters. The Bertz CT molecular complexity index is 556. The van der Waals surface area contributed by atoms with Crippen LogP contribution in [0.25, 0.3) is 0 Å². The fourth-order valence-corrected chi connectivity index (χ4v) is 2.56. The molecule has 1 fully saturated rings. The maximum Gasteiger partial charge on any atom is 0.227 e. The molecule has 1 aliphatic rings. The van der Waals surface area contributed by atoms with Crippen LogP contribution >= 0.6 is 0 Å². The first-order valence-corrected chi connectivity index (χ1v) is 7.31. The van der Waals surface area contributed by atoms with Gasteiger partial charge >= 0.3 is 0 Å². The van der Waals surface area contributed by atoms with E-state index in [1.165, 1.54) is 0 Å². The first-order valence-electron chi connectivity index (χ1n) is 7.31. The molecule has 0 bridgehead atoms. The van der Waals surface area contributed by atoms with Crippen LogP contribution in [0.3, 0.4) is 0 Å². The van der Waals surface area contributed by atoms with E-state index in [2.05, 4.69) is 5.32 Å². The highest BCUT2D eigenvalue weighted by molar-refractivity contribution is 6.00. The lowest BCUT2D eigenvalue weighted by atomic mass is 10.1. The summed E-state index contributed by atoms with van der Waals surface area (Å²) in [4.78, 5) is 26.1. The number of rotatable bonds is 4. The minimum absolute atomic E-state index is 0.00394. The van der Waals surface area contributed by atoms with E-state index >= 15 is 0 Å². The van der Waals surface area contributed by atoms with Gasteiger partial charge in [0, 0.05) is 31.2 Å². The lowest BCUT2D eigenvalue weighted by Gasteiger charge is -2.20. The Labute approximate surface area is 125 Å². The molecule has 2 amide bonds. The molecule has 0 radical (unpaired) electrons. The molecule has 2 rings (SSSR count). The molecule has 0 aromatic heterocycles. The Kier molecular flexibility index (Phi) is 4.63. The maximum absolute atomic E-state index is 12.2. The van der Waals surface area contributed by atoms with Crippen molar-refractivity contribution in [3.63, 3.8) is 0 Å². The average molecular weight is 289 g/mol. The van der Waals surface area contributed by atoms with Crippen LogP contribution < -0.4 is 16.0 Å². The second-order valence-corrected chi connectivity index (χ2v) is 5.77. The smallest absolute Gasteiger partial charge is 0.227 e. The number of carbonyl (C=O) groups excluding carboxylic acids is 2. The molecule has 1 saturated heterocycles. The molecule has 1 aliphatic heterocycles. The highest BCUT2D eigenvalue weighted by atomic mass is 16.2. The van der Waals surface area contributed by atoms with Crippen molar-refractivity contribution in [2.75, 3.05) is 18.0 Å². The summed E-state index contributed by atoms with van der Waals surface area (Å²) in [5, 5.41) is 2.85. The van der Waals surface area contributed by atoms with Crippen LogP contribution in [0, 0.1) is 19.8 Å². The maximum atomic E-state index is 12.2.